The fourth-order valence-corrected chi connectivity index (χ4v) is 39.5. The van der Waals surface area contributed by atoms with Crippen LogP contribution in [0.3, 0.4) is 0 Å². The first kappa shape index (κ1) is 41.8. The Morgan fingerprint density at radius 1 is 0.533 bits per heavy atom. The van der Waals surface area contributed by atoms with Crippen molar-refractivity contribution >= 4 is 52.3 Å². The van der Waals surface area contributed by atoms with Gasteiger partial charge in [0.05, 0.1) is 0 Å². The first-order chi connectivity index (χ1) is 29.1. The monoisotopic (exact) mass is 919 g/mol. The molecule has 9 rings (SSSR count). The average Bonchev–Trinajstić information content (AvgIpc) is 3.98. The van der Waals surface area contributed by atoms with Crippen LogP contribution >= 0.6 is 17.0 Å². The van der Waals surface area contributed by atoms with Gasteiger partial charge in [-0.1, -0.05) is 0 Å². The molecule has 3 aliphatic rings. The Kier molecular flexibility index (Phi) is 11.6. The van der Waals surface area contributed by atoms with Crippen LogP contribution in [-0.4, -0.2) is 9.52 Å². The van der Waals surface area contributed by atoms with Crippen molar-refractivity contribution in [3.05, 3.63) is 172 Å². The molecule has 4 atom stereocenters. The van der Waals surface area contributed by atoms with Gasteiger partial charge in [-0.3, -0.25) is 0 Å². The van der Waals surface area contributed by atoms with Crippen molar-refractivity contribution < 1.29 is 16.4 Å². The summed E-state index contributed by atoms with van der Waals surface area (Å²) in [6, 6.07) is 48.3. The molecule has 1 aliphatic heterocycles. The van der Waals surface area contributed by atoms with E-state index in [1.165, 1.54) is 91.6 Å². The van der Waals surface area contributed by atoms with E-state index >= 15 is 0 Å². The van der Waals surface area contributed by atoms with E-state index in [2.05, 4.69) is 181 Å². The van der Waals surface area contributed by atoms with Gasteiger partial charge in [-0.25, -0.2) is 0 Å². The Morgan fingerprint density at radius 3 is 1.48 bits per heavy atom. The molecule has 0 aromatic heterocycles. The number of benzene rings is 6. The Balaban J connectivity index is 1.40. The Labute approximate surface area is 370 Å². The standard InChI is InChI=1S/2C22H25.C12H9Si.2ClH.Zr/c2*1-4-9-17-14-19-12-13-20(16(3)5-2)22(21(19)15-17)18-10-7-6-8-11-18;1-3-7-11-9(5-1)10-6-2-4-8-12(10)13-11;;;/h2*6-8,10-16H,4-5,9H2,1-3H3;1-7H,13H2;2*1H;/q;;;;;+2/p-2. The van der Waals surface area contributed by atoms with Gasteiger partial charge in [-0.2, -0.15) is 0 Å². The zero-order valence-electron chi connectivity index (χ0n) is 36.3. The molecular weight excluding hydrogens is 863 g/mol. The van der Waals surface area contributed by atoms with Crippen molar-refractivity contribution in [3.63, 3.8) is 0 Å². The molecule has 0 saturated carbocycles. The van der Waals surface area contributed by atoms with E-state index in [1.807, 2.05) is 0 Å². The van der Waals surface area contributed by atoms with Crippen LogP contribution in [0.1, 0.15) is 133 Å². The minimum absolute atomic E-state index is 0.0759. The van der Waals surface area contributed by atoms with Crippen molar-refractivity contribution in [3.8, 4) is 33.4 Å². The SMILES string of the molecule is CCCC1=Cc2c(ccc(C(C)CC)c2-c2ccccc2)[CH]1[Zr]([Cl])([Cl])([c]1cccc2c1[SiH2]c1ccccc1-2)[CH]1C(CCC)=Cc2c1ccc(C(C)CC)c2-c1ccccc1. The van der Waals surface area contributed by atoms with Gasteiger partial charge in [-0.15, -0.1) is 0 Å². The van der Waals surface area contributed by atoms with Crippen LogP contribution < -0.4 is 13.6 Å². The molecule has 0 saturated heterocycles. The first-order valence-corrected chi connectivity index (χ1v) is 34.6. The molecule has 4 heteroatoms. The second-order valence-electron chi connectivity index (χ2n) is 18.0. The summed E-state index contributed by atoms with van der Waals surface area (Å²) in [5.41, 5.74) is 19.1. The van der Waals surface area contributed by atoms with Gasteiger partial charge in [-0.05, 0) is 0 Å². The fraction of sp³-hybridized carbons (Fsp3) is 0.286. The van der Waals surface area contributed by atoms with Crippen molar-refractivity contribution in [1.29, 1.82) is 0 Å². The number of fused-ring (bicyclic) bond motifs is 5. The molecule has 0 nitrogen and oxygen atoms in total. The molecule has 60 heavy (non-hydrogen) atoms. The summed E-state index contributed by atoms with van der Waals surface area (Å²) in [6.45, 7) is 14.1. The third-order valence-corrected chi connectivity index (χ3v) is 37.4. The van der Waals surface area contributed by atoms with Gasteiger partial charge in [0.1, 0.15) is 0 Å². The zero-order valence-corrected chi connectivity index (χ0v) is 41.7. The molecule has 6 aromatic rings. The average molecular weight is 922 g/mol. The molecule has 305 valence electrons. The van der Waals surface area contributed by atoms with E-state index in [0.29, 0.717) is 11.8 Å². The minimum atomic E-state index is -5.65. The van der Waals surface area contributed by atoms with Gasteiger partial charge in [0.15, 0.2) is 0 Å². The predicted octanol–water partition coefficient (Wildman–Crippen LogP) is 14.6. The van der Waals surface area contributed by atoms with Crippen LogP contribution in [0.25, 0.3) is 45.5 Å². The second-order valence-corrected chi connectivity index (χ2v) is 40.5. The summed E-state index contributed by atoms with van der Waals surface area (Å²) >= 11 is -5.65. The number of hydrogen-bond donors (Lipinski definition) is 0. The Morgan fingerprint density at radius 2 is 1.00 bits per heavy atom. The number of halogens is 2. The van der Waals surface area contributed by atoms with E-state index < -0.39 is 25.9 Å². The summed E-state index contributed by atoms with van der Waals surface area (Å²) in [6.07, 6.45) is 11.3. The van der Waals surface area contributed by atoms with E-state index in [-0.39, 0.29) is 7.25 Å². The molecule has 0 bridgehead atoms. The molecule has 0 spiro atoms. The normalized spacial score (nSPS) is 18.5. The second kappa shape index (κ2) is 16.6. The number of rotatable bonds is 13. The van der Waals surface area contributed by atoms with E-state index in [1.54, 1.807) is 0 Å². The maximum absolute atomic E-state index is 9.45. The first-order valence-electron chi connectivity index (χ1n) is 22.8. The fourth-order valence-electron chi connectivity index (χ4n) is 11.5. The van der Waals surface area contributed by atoms with Crippen molar-refractivity contribution in [2.75, 3.05) is 0 Å². The summed E-state index contributed by atoms with van der Waals surface area (Å²) < 4.78 is 1.17. The van der Waals surface area contributed by atoms with Gasteiger partial charge < -0.3 is 0 Å². The molecule has 4 unspecified atom stereocenters. The Bertz CT molecular complexity index is 2520. The van der Waals surface area contributed by atoms with E-state index in [0.717, 1.165) is 38.5 Å². The van der Waals surface area contributed by atoms with Crippen LogP contribution in [0, 0.1) is 0 Å². The Hall–Kier alpha value is -3.52. The van der Waals surface area contributed by atoms with Gasteiger partial charge >= 0.3 is 373 Å². The molecular formula is C56H59Cl2SiZr. The van der Waals surface area contributed by atoms with Crippen LogP contribution in [-0.2, 0) is 16.4 Å². The van der Waals surface area contributed by atoms with Gasteiger partial charge in [0.25, 0.3) is 0 Å². The zero-order chi connectivity index (χ0) is 41.8. The van der Waals surface area contributed by atoms with Crippen LogP contribution in [0.15, 0.2) is 139 Å². The molecule has 0 N–H and O–H groups in total. The van der Waals surface area contributed by atoms with Crippen molar-refractivity contribution in [1.82, 2.24) is 0 Å². The maximum atomic E-state index is 9.45. The molecule has 0 radical (unpaired) electrons. The summed E-state index contributed by atoms with van der Waals surface area (Å²) in [7, 11) is 18.0. The summed E-state index contributed by atoms with van der Waals surface area (Å²) in [5.74, 6) is 0.834. The summed E-state index contributed by atoms with van der Waals surface area (Å²) in [4.78, 5) is 0. The summed E-state index contributed by atoms with van der Waals surface area (Å²) in [5, 5.41) is 2.99. The van der Waals surface area contributed by atoms with Crippen LogP contribution in [0.5, 0.6) is 0 Å². The molecule has 0 amide bonds. The number of allylic oxidation sites excluding steroid dienone is 2. The van der Waals surface area contributed by atoms with Crippen LogP contribution in [0.4, 0.5) is 0 Å². The van der Waals surface area contributed by atoms with Gasteiger partial charge in [0, 0.05) is 0 Å². The third-order valence-electron chi connectivity index (χ3n) is 14.6. The topological polar surface area (TPSA) is 0 Å². The third kappa shape index (κ3) is 6.61. The molecule has 2 aliphatic carbocycles. The van der Waals surface area contributed by atoms with E-state index in [4.69, 9.17) is 0 Å². The molecule has 1 heterocycles. The predicted molar refractivity (Wildman–Crippen MR) is 263 cm³/mol. The van der Waals surface area contributed by atoms with Gasteiger partial charge in [0.2, 0.25) is 0 Å². The van der Waals surface area contributed by atoms with Crippen molar-refractivity contribution in [2.24, 2.45) is 0 Å². The van der Waals surface area contributed by atoms with E-state index in [9.17, 15) is 17.0 Å². The van der Waals surface area contributed by atoms with Crippen molar-refractivity contribution in [2.45, 2.75) is 99.2 Å². The van der Waals surface area contributed by atoms with Crippen LogP contribution in [0.2, 0.25) is 0 Å². The number of hydrogen-bond acceptors (Lipinski definition) is 0. The molecule has 0 fully saturated rings. The molecule has 6 aromatic carbocycles. The quantitative estimate of drug-likeness (QED) is 0.101.